The third-order valence-corrected chi connectivity index (χ3v) is 6.89. The summed E-state index contributed by atoms with van der Waals surface area (Å²) in [5, 5.41) is 7.26. The molecule has 0 spiro atoms. The number of nitrogens with one attached hydrogen (secondary N) is 1. The van der Waals surface area contributed by atoms with Crippen LogP contribution in [0.3, 0.4) is 0 Å². The molecular weight excluding hydrogens is 462 g/mol. The number of sulfonamides is 1. The van der Waals surface area contributed by atoms with Crippen molar-refractivity contribution in [2.24, 2.45) is 0 Å². The monoisotopic (exact) mass is 483 g/mol. The Morgan fingerprint density at radius 2 is 1.88 bits per heavy atom. The summed E-state index contributed by atoms with van der Waals surface area (Å²) in [6.07, 6.45) is 9.18. The highest BCUT2D eigenvalue weighted by Gasteiger charge is 2.29. The van der Waals surface area contributed by atoms with Crippen LogP contribution in [0.15, 0.2) is 83.0 Å². The van der Waals surface area contributed by atoms with E-state index in [-0.39, 0.29) is 17.9 Å². The smallest absolute Gasteiger partial charge is 0.243 e. The number of carbonyl (C=O) groups excluding carboxylic acids is 1. The molecule has 34 heavy (non-hydrogen) atoms. The van der Waals surface area contributed by atoms with E-state index in [0.29, 0.717) is 30.2 Å². The maximum Gasteiger partial charge on any atom is 0.243 e. The number of hydroxylamine groups is 1. The standard InChI is InChI=1S/C21H18N4O4S.CH3NO2/c26-30(27,25-10-7-16-8-12-28-20(16)14-25)19-4-1-17(2-5-19)29-18-3-6-21(23-13-18)24-11-9-22-15-24;3-1-2-4/h1-6,8-9,11-13,15H,7,10,14H2;1,4H,(H,2,3). The number of imidazole rings is 1. The van der Waals surface area contributed by atoms with Gasteiger partial charge in [-0.15, -0.1) is 0 Å². The molecule has 4 heterocycles. The zero-order chi connectivity index (χ0) is 24.0. The highest BCUT2D eigenvalue weighted by atomic mass is 32.2. The lowest BCUT2D eigenvalue weighted by atomic mass is 10.1. The Labute approximate surface area is 195 Å². The van der Waals surface area contributed by atoms with Crippen LogP contribution in [-0.2, 0) is 27.8 Å². The fourth-order valence-corrected chi connectivity index (χ4v) is 4.76. The number of benzene rings is 1. The molecule has 2 N–H and O–H groups in total. The van der Waals surface area contributed by atoms with E-state index in [1.165, 1.54) is 9.79 Å². The van der Waals surface area contributed by atoms with Gasteiger partial charge in [0.1, 0.15) is 29.4 Å². The van der Waals surface area contributed by atoms with E-state index in [1.54, 1.807) is 66.1 Å². The van der Waals surface area contributed by atoms with E-state index in [1.807, 2.05) is 12.1 Å². The number of carbonyl (C=O) groups is 1. The zero-order valence-corrected chi connectivity index (χ0v) is 18.6. The Balaban J connectivity index is 0.000000636. The summed E-state index contributed by atoms with van der Waals surface area (Å²) in [5.74, 6) is 2.51. The highest BCUT2D eigenvalue weighted by Crippen LogP contribution is 2.28. The summed E-state index contributed by atoms with van der Waals surface area (Å²) in [6.45, 7) is 0.680. The van der Waals surface area contributed by atoms with Gasteiger partial charge in [0.05, 0.1) is 23.9 Å². The first kappa shape index (κ1) is 23.2. The molecule has 0 unspecified atom stereocenters. The largest absolute Gasteiger partial charge is 0.468 e. The second kappa shape index (κ2) is 10.3. The third kappa shape index (κ3) is 5.14. The van der Waals surface area contributed by atoms with Gasteiger partial charge in [0.15, 0.2) is 0 Å². The lowest BCUT2D eigenvalue weighted by molar-refractivity contribution is -0.116. The van der Waals surface area contributed by atoms with Crippen molar-refractivity contribution in [1.82, 2.24) is 24.3 Å². The van der Waals surface area contributed by atoms with Crippen molar-refractivity contribution in [3.8, 4) is 17.3 Å². The molecule has 176 valence electrons. The van der Waals surface area contributed by atoms with Gasteiger partial charge < -0.3 is 9.15 Å². The SMILES string of the molecule is O=CNO.O=S(=O)(c1ccc(Oc2ccc(-n3ccnc3)nc2)cc1)N1CCc2ccoc2C1. The van der Waals surface area contributed by atoms with Crippen molar-refractivity contribution >= 4 is 16.4 Å². The van der Waals surface area contributed by atoms with Gasteiger partial charge in [-0.25, -0.2) is 23.9 Å². The minimum atomic E-state index is -3.61. The molecule has 0 saturated heterocycles. The van der Waals surface area contributed by atoms with E-state index < -0.39 is 10.0 Å². The van der Waals surface area contributed by atoms with E-state index >= 15 is 0 Å². The number of hydrogen-bond donors (Lipinski definition) is 2. The van der Waals surface area contributed by atoms with Crippen molar-refractivity contribution < 1.29 is 27.6 Å². The maximum atomic E-state index is 13.0. The summed E-state index contributed by atoms with van der Waals surface area (Å²) < 4.78 is 40.3. The average Bonchev–Trinajstić information content (AvgIpc) is 3.57. The summed E-state index contributed by atoms with van der Waals surface area (Å²) >= 11 is 0. The second-order valence-corrected chi connectivity index (χ2v) is 9.04. The molecule has 1 aromatic carbocycles. The number of furan rings is 1. The molecule has 1 aliphatic heterocycles. The van der Waals surface area contributed by atoms with Crippen molar-refractivity contribution in [1.29, 1.82) is 0 Å². The molecule has 1 amide bonds. The third-order valence-electron chi connectivity index (χ3n) is 5.03. The molecule has 11 nitrogen and oxygen atoms in total. The first-order valence-corrected chi connectivity index (χ1v) is 11.6. The van der Waals surface area contributed by atoms with Crippen molar-refractivity contribution in [2.75, 3.05) is 6.54 Å². The first-order chi connectivity index (χ1) is 16.5. The van der Waals surface area contributed by atoms with Gasteiger partial charge in [-0.2, -0.15) is 4.31 Å². The van der Waals surface area contributed by atoms with E-state index in [2.05, 4.69) is 9.97 Å². The summed E-state index contributed by atoms with van der Waals surface area (Å²) in [6, 6.07) is 11.9. The number of amides is 1. The van der Waals surface area contributed by atoms with Gasteiger partial charge in [-0.05, 0) is 54.4 Å². The Morgan fingerprint density at radius 1 is 1.12 bits per heavy atom. The van der Waals surface area contributed by atoms with Crippen molar-refractivity contribution in [3.05, 3.63) is 85.0 Å². The van der Waals surface area contributed by atoms with Gasteiger partial charge in [-0.1, -0.05) is 0 Å². The molecule has 5 rings (SSSR count). The van der Waals surface area contributed by atoms with Crippen molar-refractivity contribution in [3.63, 3.8) is 0 Å². The number of hydrogen-bond acceptors (Lipinski definition) is 8. The molecule has 0 bridgehead atoms. The molecule has 3 aromatic heterocycles. The van der Waals surface area contributed by atoms with E-state index in [0.717, 1.165) is 11.4 Å². The molecule has 1 aliphatic rings. The van der Waals surface area contributed by atoms with Crippen LogP contribution >= 0.6 is 0 Å². The number of nitrogens with zero attached hydrogens (tertiary/aromatic N) is 4. The van der Waals surface area contributed by atoms with Crippen LogP contribution in [-0.4, -0.2) is 45.4 Å². The predicted molar refractivity (Wildman–Crippen MR) is 119 cm³/mol. The Morgan fingerprint density at radius 3 is 2.53 bits per heavy atom. The normalized spacial score (nSPS) is 13.3. The molecular formula is C22H21N5O6S. The van der Waals surface area contributed by atoms with Crippen LogP contribution in [0.1, 0.15) is 11.3 Å². The summed E-state index contributed by atoms with van der Waals surface area (Å²) in [5.41, 5.74) is 2.32. The number of rotatable bonds is 6. The molecule has 0 aliphatic carbocycles. The van der Waals surface area contributed by atoms with Crippen LogP contribution in [0.25, 0.3) is 5.82 Å². The van der Waals surface area contributed by atoms with Gasteiger partial charge in [-0.3, -0.25) is 14.6 Å². The second-order valence-electron chi connectivity index (χ2n) is 7.10. The molecule has 0 atom stereocenters. The van der Waals surface area contributed by atoms with E-state index in [4.69, 9.17) is 19.2 Å². The maximum absolute atomic E-state index is 13.0. The van der Waals surface area contributed by atoms with Crippen LogP contribution in [0, 0.1) is 0 Å². The van der Waals surface area contributed by atoms with E-state index in [9.17, 15) is 8.42 Å². The zero-order valence-electron chi connectivity index (χ0n) is 17.8. The van der Waals surface area contributed by atoms with Crippen LogP contribution in [0.4, 0.5) is 0 Å². The topological polar surface area (TPSA) is 140 Å². The fourth-order valence-electron chi connectivity index (χ4n) is 3.36. The number of fused-ring (bicyclic) bond motifs is 1. The Bertz CT molecular complexity index is 1320. The van der Waals surface area contributed by atoms with Crippen LogP contribution in [0.2, 0.25) is 0 Å². The molecule has 0 saturated carbocycles. The fraction of sp³-hybridized carbons (Fsp3) is 0.136. The molecule has 0 radical (unpaired) electrons. The van der Waals surface area contributed by atoms with Crippen LogP contribution in [0.5, 0.6) is 11.5 Å². The molecule has 0 fully saturated rings. The molecule has 4 aromatic rings. The van der Waals surface area contributed by atoms with Gasteiger partial charge in [0.2, 0.25) is 16.4 Å². The lowest BCUT2D eigenvalue weighted by Gasteiger charge is -2.25. The van der Waals surface area contributed by atoms with Gasteiger partial charge in [0, 0.05) is 18.9 Å². The minimum Gasteiger partial charge on any atom is -0.468 e. The predicted octanol–water partition coefficient (Wildman–Crippen LogP) is 2.52. The molecule has 12 heteroatoms. The number of ether oxygens (including phenoxy) is 1. The number of pyridine rings is 1. The summed E-state index contributed by atoms with van der Waals surface area (Å²) in [4.78, 5) is 17.4. The average molecular weight is 484 g/mol. The Kier molecular flexibility index (Phi) is 7.01. The quantitative estimate of drug-likeness (QED) is 0.242. The van der Waals surface area contributed by atoms with Crippen molar-refractivity contribution in [2.45, 2.75) is 17.9 Å². The lowest BCUT2D eigenvalue weighted by Crippen LogP contribution is -2.35. The van der Waals surface area contributed by atoms with Gasteiger partial charge >= 0.3 is 0 Å². The first-order valence-electron chi connectivity index (χ1n) is 10.1. The Hall–Kier alpha value is -4.00. The van der Waals surface area contributed by atoms with Crippen LogP contribution < -0.4 is 10.2 Å². The number of aromatic nitrogens is 3. The highest BCUT2D eigenvalue weighted by molar-refractivity contribution is 7.89. The summed E-state index contributed by atoms with van der Waals surface area (Å²) in [7, 11) is -3.61. The minimum absolute atomic E-state index is 0.181. The van der Waals surface area contributed by atoms with Gasteiger partial charge in [0.25, 0.3) is 0 Å².